The second kappa shape index (κ2) is 10.5. The van der Waals surface area contributed by atoms with Gasteiger partial charge in [0.05, 0.1) is 17.0 Å². The summed E-state index contributed by atoms with van der Waals surface area (Å²) in [5.74, 6) is 0.142. The first-order valence-corrected chi connectivity index (χ1v) is 11.1. The molecule has 32 heavy (non-hydrogen) atoms. The minimum absolute atomic E-state index is 0.0827. The van der Waals surface area contributed by atoms with E-state index in [0.717, 1.165) is 27.7 Å². The summed E-state index contributed by atoms with van der Waals surface area (Å²) >= 11 is 6.31. The summed E-state index contributed by atoms with van der Waals surface area (Å²) in [7, 11) is 0. The van der Waals surface area contributed by atoms with E-state index in [-0.39, 0.29) is 24.8 Å². The van der Waals surface area contributed by atoms with Crippen molar-refractivity contribution in [2.24, 2.45) is 0 Å². The third kappa shape index (κ3) is 5.37. The Kier molecular flexibility index (Phi) is 7.70. The first-order chi connectivity index (χ1) is 15.3. The summed E-state index contributed by atoms with van der Waals surface area (Å²) in [6.07, 6.45) is 0.212. The van der Waals surface area contributed by atoms with Crippen LogP contribution < -0.4 is 10.1 Å². The van der Waals surface area contributed by atoms with Gasteiger partial charge >= 0.3 is 0 Å². The van der Waals surface area contributed by atoms with Crippen LogP contribution in [0.5, 0.6) is 5.75 Å². The van der Waals surface area contributed by atoms with Gasteiger partial charge in [-0.1, -0.05) is 29.8 Å². The lowest BCUT2D eigenvalue weighted by Gasteiger charge is -2.19. The lowest BCUT2D eigenvalue weighted by atomic mass is 9.99. The molecule has 0 spiro atoms. The number of rotatable bonds is 8. The van der Waals surface area contributed by atoms with E-state index in [9.17, 15) is 9.59 Å². The van der Waals surface area contributed by atoms with Crippen molar-refractivity contribution in [1.82, 2.24) is 9.88 Å². The molecule has 1 heterocycles. The summed E-state index contributed by atoms with van der Waals surface area (Å²) in [4.78, 5) is 31.1. The molecule has 0 atom stereocenters. The highest BCUT2D eigenvalue weighted by atomic mass is 35.5. The van der Waals surface area contributed by atoms with Gasteiger partial charge in [-0.15, -0.1) is 0 Å². The first kappa shape index (κ1) is 23.5. The first-order valence-electron chi connectivity index (χ1n) is 10.7. The van der Waals surface area contributed by atoms with Crippen molar-refractivity contribution < 1.29 is 14.3 Å². The maximum Gasteiger partial charge on any atom is 0.260 e. The number of anilines is 1. The zero-order valence-corrected chi connectivity index (χ0v) is 19.6. The zero-order valence-electron chi connectivity index (χ0n) is 18.9. The maximum atomic E-state index is 12.7. The van der Waals surface area contributed by atoms with Crippen LogP contribution in [0.4, 0.5) is 5.69 Å². The number of nitrogens with zero attached hydrogens (tertiary/aromatic N) is 2. The Bertz CT molecular complexity index is 1140. The average Bonchev–Trinajstić information content (AvgIpc) is 2.77. The number of hydrogen-bond donors (Lipinski definition) is 1. The molecule has 2 aromatic carbocycles. The van der Waals surface area contributed by atoms with E-state index in [1.807, 2.05) is 52.0 Å². The highest BCUT2D eigenvalue weighted by Gasteiger charge is 2.15. The van der Waals surface area contributed by atoms with E-state index in [2.05, 4.69) is 10.3 Å². The molecule has 0 radical (unpaired) electrons. The standard InChI is InChI=1S/C25H28ClN3O3/c1-5-29(6-2)25(31)15-32-23-12-11-18(13-21(23)26)28-24(30)14-20-16(3)19-9-7-8-10-22(19)27-17(20)4/h7-13H,5-6,14-15H2,1-4H3,(H,28,30). The molecule has 0 aliphatic rings. The third-order valence-electron chi connectivity index (χ3n) is 5.51. The molecule has 3 rings (SSSR count). The number of aromatic nitrogens is 1. The number of benzene rings is 2. The van der Waals surface area contributed by atoms with Gasteiger partial charge in [-0.05, 0) is 63.1 Å². The average molecular weight is 454 g/mol. The lowest BCUT2D eigenvalue weighted by Crippen LogP contribution is -2.34. The predicted molar refractivity (Wildman–Crippen MR) is 128 cm³/mol. The molecule has 0 unspecified atom stereocenters. The molecule has 0 saturated carbocycles. The van der Waals surface area contributed by atoms with Crippen molar-refractivity contribution in [3.8, 4) is 5.75 Å². The number of hydrogen-bond acceptors (Lipinski definition) is 4. The van der Waals surface area contributed by atoms with Crippen molar-refractivity contribution >= 4 is 40.0 Å². The van der Waals surface area contributed by atoms with Crippen LogP contribution in [0.25, 0.3) is 10.9 Å². The lowest BCUT2D eigenvalue weighted by molar-refractivity contribution is -0.133. The quantitative estimate of drug-likeness (QED) is 0.524. The number of nitrogens with one attached hydrogen (secondary N) is 1. The molecule has 3 aromatic rings. The Morgan fingerprint density at radius 3 is 2.50 bits per heavy atom. The van der Waals surface area contributed by atoms with Crippen LogP contribution in [-0.4, -0.2) is 41.4 Å². The van der Waals surface area contributed by atoms with E-state index in [1.54, 1.807) is 23.1 Å². The second-order valence-electron chi connectivity index (χ2n) is 7.54. The fourth-order valence-corrected chi connectivity index (χ4v) is 3.93. The SMILES string of the molecule is CCN(CC)C(=O)COc1ccc(NC(=O)Cc2c(C)nc3ccccc3c2C)cc1Cl. The van der Waals surface area contributed by atoms with Crippen LogP contribution in [0.2, 0.25) is 5.02 Å². The minimum atomic E-state index is -0.158. The Morgan fingerprint density at radius 1 is 1.09 bits per heavy atom. The molecule has 0 saturated heterocycles. The minimum Gasteiger partial charge on any atom is -0.482 e. The van der Waals surface area contributed by atoms with Crippen molar-refractivity contribution in [2.45, 2.75) is 34.1 Å². The van der Waals surface area contributed by atoms with Crippen molar-refractivity contribution in [2.75, 3.05) is 25.0 Å². The van der Waals surface area contributed by atoms with Gasteiger partial charge < -0.3 is 15.0 Å². The molecular formula is C25H28ClN3O3. The number of para-hydroxylation sites is 1. The van der Waals surface area contributed by atoms with Gasteiger partial charge in [0, 0.05) is 29.9 Å². The van der Waals surface area contributed by atoms with Gasteiger partial charge in [0.25, 0.3) is 5.91 Å². The number of carbonyl (C=O) groups is 2. The molecule has 2 amide bonds. The number of fused-ring (bicyclic) bond motifs is 1. The highest BCUT2D eigenvalue weighted by molar-refractivity contribution is 6.32. The Labute approximate surface area is 193 Å². The summed E-state index contributed by atoms with van der Waals surface area (Å²) in [6.45, 7) is 8.95. The largest absolute Gasteiger partial charge is 0.482 e. The summed E-state index contributed by atoms with van der Waals surface area (Å²) in [5.41, 5.74) is 4.31. The number of pyridine rings is 1. The third-order valence-corrected chi connectivity index (χ3v) is 5.80. The molecule has 1 aromatic heterocycles. The fourth-order valence-electron chi connectivity index (χ4n) is 3.70. The molecule has 0 fully saturated rings. The molecule has 168 valence electrons. The molecule has 0 aliphatic heterocycles. The highest BCUT2D eigenvalue weighted by Crippen LogP contribution is 2.28. The fraction of sp³-hybridized carbons (Fsp3) is 0.320. The molecule has 0 bridgehead atoms. The normalized spacial score (nSPS) is 10.8. The van der Waals surface area contributed by atoms with E-state index in [4.69, 9.17) is 16.3 Å². The van der Waals surface area contributed by atoms with Crippen molar-refractivity contribution in [3.05, 3.63) is 64.3 Å². The summed E-state index contributed by atoms with van der Waals surface area (Å²) in [5, 5.41) is 4.26. The van der Waals surface area contributed by atoms with Crippen LogP contribution in [0.3, 0.4) is 0 Å². The van der Waals surface area contributed by atoms with Crippen LogP contribution in [0.15, 0.2) is 42.5 Å². The van der Waals surface area contributed by atoms with Crippen LogP contribution in [-0.2, 0) is 16.0 Å². The van der Waals surface area contributed by atoms with E-state index < -0.39 is 0 Å². The van der Waals surface area contributed by atoms with Gasteiger partial charge in [0.15, 0.2) is 6.61 Å². The van der Waals surface area contributed by atoms with Gasteiger partial charge in [-0.3, -0.25) is 14.6 Å². The molecule has 0 aliphatic carbocycles. The van der Waals surface area contributed by atoms with Crippen molar-refractivity contribution in [3.63, 3.8) is 0 Å². The monoisotopic (exact) mass is 453 g/mol. The summed E-state index contributed by atoms with van der Waals surface area (Å²) < 4.78 is 5.57. The zero-order chi connectivity index (χ0) is 23.3. The second-order valence-corrected chi connectivity index (χ2v) is 7.95. The van der Waals surface area contributed by atoms with E-state index in [1.165, 1.54) is 0 Å². The maximum absolute atomic E-state index is 12.7. The van der Waals surface area contributed by atoms with Crippen LogP contribution in [0, 0.1) is 13.8 Å². The smallest absolute Gasteiger partial charge is 0.260 e. The van der Waals surface area contributed by atoms with Crippen LogP contribution in [0.1, 0.15) is 30.7 Å². The van der Waals surface area contributed by atoms with E-state index >= 15 is 0 Å². The molecule has 7 heteroatoms. The topological polar surface area (TPSA) is 71.5 Å². The van der Waals surface area contributed by atoms with Gasteiger partial charge in [-0.2, -0.15) is 0 Å². The number of likely N-dealkylation sites (N-methyl/N-ethyl adjacent to an activating group) is 1. The summed E-state index contributed by atoms with van der Waals surface area (Å²) in [6, 6.07) is 12.9. The van der Waals surface area contributed by atoms with Crippen LogP contribution >= 0.6 is 11.6 Å². The number of halogens is 1. The number of carbonyl (C=O) groups excluding carboxylic acids is 2. The van der Waals surface area contributed by atoms with Gasteiger partial charge in [0.2, 0.25) is 5.91 Å². The number of amides is 2. The predicted octanol–water partition coefficient (Wildman–Crippen LogP) is 4.93. The Morgan fingerprint density at radius 2 is 1.81 bits per heavy atom. The number of aryl methyl sites for hydroxylation is 2. The molecular weight excluding hydrogens is 426 g/mol. The van der Waals surface area contributed by atoms with E-state index in [0.29, 0.717) is 29.5 Å². The Balaban J connectivity index is 1.67. The van der Waals surface area contributed by atoms with Gasteiger partial charge in [-0.25, -0.2) is 0 Å². The van der Waals surface area contributed by atoms with Crippen molar-refractivity contribution in [1.29, 1.82) is 0 Å². The number of ether oxygens (including phenoxy) is 1. The Hall–Kier alpha value is -3.12. The molecule has 1 N–H and O–H groups in total. The molecule has 6 nitrogen and oxygen atoms in total. The van der Waals surface area contributed by atoms with Gasteiger partial charge in [0.1, 0.15) is 5.75 Å².